The van der Waals surface area contributed by atoms with E-state index in [1.165, 1.54) is 6.42 Å². The second kappa shape index (κ2) is 6.81. The molecule has 3 heteroatoms. The Balaban J connectivity index is 2.20. The van der Waals surface area contributed by atoms with E-state index in [1.54, 1.807) is 0 Å². The topological polar surface area (TPSA) is 26.3 Å². The average Bonchev–Trinajstić information content (AvgIpc) is 2.27. The number of rotatable bonds is 5. The quantitative estimate of drug-likeness (QED) is 0.658. The molecule has 0 amide bonds. The van der Waals surface area contributed by atoms with E-state index >= 15 is 0 Å². The zero-order valence-electron chi connectivity index (χ0n) is 9.51. The molecule has 0 aromatic rings. The number of carbonyl (C=O) groups excluding carboxylic acids is 1. The molecule has 0 heterocycles. The number of hydrogen-bond donors (Lipinski definition) is 0. The van der Waals surface area contributed by atoms with Crippen molar-refractivity contribution < 1.29 is 13.9 Å². The van der Waals surface area contributed by atoms with Gasteiger partial charge in [0.25, 0.3) is 0 Å². The molecule has 0 unspecified atom stereocenters. The summed E-state index contributed by atoms with van der Waals surface area (Å²) in [5, 5.41) is 0. The van der Waals surface area contributed by atoms with Gasteiger partial charge in [-0.05, 0) is 32.1 Å². The minimum Gasteiger partial charge on any atom is -0.460 e. The zero-order chi connectivity index (χ0) is 11.1. The maximum absolute atomic E-state index is 13.3. The van der Waals surface area contributed by atoms with Crippen LogP contribution in [0.2, 0.25) is 0 Å². The van der Waals surface area contributed by atoms with Crippen LogP contribution in [0.25, 0.3) is 0 Å². The lowest BCUT2D eigenvalue weighted by atomic mass is 9.98. The summed E-state index contributed by atoms with van der Waals surface area (Å²) in [5.74, 6) is -0.643. The average molecular weight is 216 g/mol. The van der Waals surface area contributed by atoms with E-state index in [9.17, 15) is 9.18 Å². The first-order chi connectivity index (χ1) is 7.24. The maximum Gasteiger partial charge on any atom is 0.340 e. The lowest BCUT2D eigenvalue weighted by molar-refractivity contribution is -0.156. The number of esters is 1. The van der Waals surface area contributed by atoms with Crippen molar-refractivity contribution in [2.45, 2.75) is 70.6 Å². The van der Waals surface area contributed by atoms with Crippen LogP contribution in [0.15, 0.2) is 0 Å². The first-order valence-electron chi connectivity index (χ1n) is 6.08. The third-order valence-electron chi connectivity index (χ3n) is 2.90. The van der Waals surface area contributed by atoms with Crippen LogP contribution in [0.3, 0.4) is 0 Å². The molecule has 0 aromatic carbocycles. The van der Waals surface area contributed by atoms with E-state index in [1.807, 2.05) is 6.92 Å². The molecule has 1 fully saturated rings. The van der Waals surface area contributed by atoms with Crippen molar-refractivity contribution in [1.82, 2.24) is 0 Å². The first-order valence-corrected chi connectivity index (χ1v) is 6.08. The molecule has 1 aliphatic carbocycles. The second-order valence-electron chi connectivity index (χ2n) is 4.31. The van der Waals surface area contributed by atoms with Gasteiger partial charge in [0.2, 0.25) is 0 Å². The summed E-state index contributed by atoms with van der Waals surface area (Å²) in [6.45, 7) is 1.99. The molecule has 0 bridgehead atoms. The lowest BCUT2D eigenvalue weighted by Crippen LogP contribution is -2.26. The molecule has 1 atom stereocenters. The van der Waals surface area contributed by atoms with Crippen molar-refractivity contribution in [2.24, 2.45) is 0 Å². The molecule has 1 aliphatic rings. The Morgan fingerprint density at radius 3 is 2.67 bits per heavy atom. The number of alkyl halides is 1. The largest absolute Gasteiger partial charge is 0.460 e. The van der Waals surface area contributed by atoms with Crippen LogP contribution in [0, 0.1) is 0 Å². The van der Waals surface area contributed by atoms with Crippen molar-refractivity contribution in [3.05, 3.63) is 0 Å². The number of carbonyl (C=O) groups is 1. The van der Waals surface area contributed by atoms with Gasteiger partial charge in [0.05, 0.1) is 0 Å². The van der Waals surface area contributed by atoms with Crippen LogP contribution in [-0.4, -0.2) is 18.2 Å². The Hall–Kier alpha value is -0.600. The molecular weight excluding hydrogens is 195 g/mol. The first kappa shape index (κ1) is 12.5. The zero-order valence-corrected chi connectivity index (χ0v) is 9.51. The van der Waals surface area contributed by atoms with Crippen molar-refractivity contribution in [2.75, 3.05) is 0 Å². The van der Waals surface area contributed by atoms with Crippen LogP contribution >= 0.6 is 0 Å². The molecule has 15 heavy (non-hydrogen) atoms. The Morgan fingerprint density at radius 2 is 2.07 bits per heavy atom. The number of hydrogen-bond acceptors (Lipinski definition) is 2. The number of halogens is 1. The summed E-state index contributed by atoms with van der Waals surface area (Å²) < 4.78 is 18.4. The van der Waals surface area contributed by atoms with Crippen LogP contribution in [-0.2, 0) is 9.53 Å². The molecule has 0 aromatic heterocycles. The van der Waals surface area contributed by atoms with Crippen LogP contribution in [0.4, 0.5) is 4.39 Å². The van der Waals surface area contributed by atoms with Gasteiger partial charge in [0, 0.05) is 0 Å². The monoisotopic (exact) mass is 216 g/mol. The summed E-state index contributed by atoms with van der Waals surface area (Å²) in [6.07, 6.45) is 5.77. The molecule has 0 radical (unpaired) electrons. The van der Waals surface area contributed by atoms with E-state index < -0.39 is 12.1 Å². The molecule has 0 spiro atoms. The van der Waals surface area contributed by atoms with E-state index in [-0.39, 0.29) is 6.10 Å². The van der Waals surface area contributed by atoms with Gasteiger partial charge in [-0.2, -0.15) is 0 Å². The third kappa shape index (κ3) is 4.63. The summed E-state index contributed by atoms with van der Waals surface area (Å²) in [5.41, 5.74) is 0. The second-order valence-corrected chi connectivity index (χ2v) is 4.31. The fourth-order valence-corrected chi connectivity index (χ4v) is 1.92. The van der Waals surface area contributed by atoms with Crippen LogP contribution in [0.5, 0.6) is 0 Å². The number of unbranched alkanes of at least 4 members (excludes halogenated alkanes) is 1. The van der Waals surface area contributed by atoms with Gasteiger partial charge in [-0.15, -0.1) is 0 Å². The van der Waals surface area contributed by atoms with Gasteiger partial charge in [0.15, 0.2) is 6.17 Å². The third-order valence-corrected chi connectivity index (χ3v) is 2.90. The van der Waals surface area contributed by atoms with E-state index in [0.717, 1.165) is 38.5 Å². The van der Waals surface area contributed by atoms with Gasteiger partial charge < -0.3 is 4.74 Å². The molecule has 1 rings (SSSR count). The lowest BCUT2D eigenvalue weighted by Gasteiger charge is -2.22. The fraction of sp³-hybridized carbons (Fsp3) is 0.917. The number of ether oxygens (including phenoxy) is 1. The Labute approximate surface area is 91.2 Å². The highest BCUT2D eigenvalue weighted by molar-refractivity contribution is 5.74. The van der Waals surface area contributed by atoms with Gasteiger partial charge in [0.1, 0.15) is 6.10 Å². The van der Waals surface area contributed by atoms with E-state index in [4.69, 9.17) is 4.74 Å². The van der Waals surface area contributed by atoms with Crippen molar-refractivity contribution in [3.63, 3.8) is 0 Å². The van der Waals surface area contributed by atoms with Crippen molar-refractivity contribution in [3.8, 4) is 0 Å². The molecule has 0 N–H and O–H groups in total. The highest BCUT2D eigenvalue weighted by atomic mass is 19.1. The molecule has 0 aliphatic heterocycles. The van der Waals surface area contributed by atoms with Gasteiger partial charge in [-0.3, -0.25) is 0 Å². The Morgan fingerprint density at radius 1 is 1.40 bits per heavy atom. The Bertz CT molecular complexity index is 188. The molecule has 1 saturated carbocycles. The summed E-state index contributed by atoms with van der Waals surface area (Å²) in [4.78, 5) is 11.3. The fourth-order valence-electron chi connectivity index (χ4n) is 1.92. The van der Waals surface area contributed by atoms with Gasteiger partial charge in [-0.25, -0.2) is 9.18 Å². The maximum atomic E-state index is 13.3. The minimum absolute atomic E-state index is 0.0221. The van der Waals surface area contributed by atoms with Crippen molar-refractivity contribution in [1.29, 1.82) is 0 Å². The van der Waals surface area contributed by atoms with Gasteiger partial charge >= 0.3 is 5.97 Å². The van der Waals surface area contributed by atoms with E-state index in [0.29, 0.717) is 6.42 Å². The molecule has 88 valence electrons. The van der Waals surface area contributed by atoms with Crippen LogP contribution in [0.1, 0.15) is 58.3 Å². The minimum atomic E-state index is -1.41. The normalized spacial score (nSPS) is 19.9. The molecular formula is C12H21FO2. The summed E-state index contributed by atoms with van der Waals surface area (Å²) >= 11 is 0. The summed E-state index contributed by atoms with van der Waals surface area (Å²) in [7, 11) is 0. The predicted octanol–water partition coefficient (Wildman–Crippen LogP) is 3.39. The highest BCUT2D eigenvalue weighted by Crippen LogP contribution is 2.21. The highest BCUT2D eigenvalue weighted by Gasteiger charge is 2.23. The SMILES string of the molecule is CCCC[C@H](F)C(=O)OC1CCCCC1. The summed E-state index contributed by atoms with van der Waals surface area (Å²) in [6, 6.07) is 0. The Kier molecular flexibility index (Phi) is 5.66. The smallest absolute Gasteiger partial charge is 0.340 e. The van der Waals surface area contributed by atoms with Gasteiger partial charge in [-0.1, -0.05) is 26.2 Å². The van der Waals surface area contributed by atoms with Crippen LogP contribution < -0.4 is 0 Å². The predicted molar refractivity (Wildman–Crippen MR) is 57.4 cm³/mol. The molecule has 0 saturated heterocycles. The standard InChI is InChI=1S/C12H21FO2/c1-2-3-9-11(13)12(14)15-10-7-5-4-6-8-10/h10-11H,2-9H2,1H3/t11-/m0/s1. The van der Waals surface area contributed by atoms with Crippen molar-refractivity contribution >= 4 is 5.97 Å². The molecule has 2 nitrogen and oxygen atoms in total. The van der Waals surface area contributed by atoms with E-state index in [2.05, 4.69) is 0 Å².